The van der Waals surface area contributed by atoms with E-state index in [-0.39, 0.29) is 11.9 Å². The molecule has 0 aliphatic carbocycles. The molecule has 114 valence electrons. The van der Waals surface area contributed by atoms with E-state index in [2.05, 4.69) is 17.6 Å². The van der Waals surface area contributed by atoms with Crippen LogP contribution >= 0.6 is 12.2 Å². The van der Waals surface area contributed by atoms with Crippen LogP contribution in [0, 0.1) is 6.92 Å². The first-order valence-corrected chi connectivity index (χ1v) is 7.74. The molecule has 1 atom stereocenters. The van der Waals surface area contributed by atoms with Crippen molar-refractivity contribution in [3.63, 3.8) is 0 Å². The van der Waals surface area contributed by atoms with E-state index in [1.54, 1.807) is 12.1 Å². The lowest BCUT2D eigenvalue weighted by molar-refractivity contribution is 0.0976. The molecule has 0 spiro atoms. The van der Waals surface area contributed by atoms with Crippen LogP contribution in [0.4, 0.5) is 0 Å². The van der Waals surface area contributed by atoms with Crippen LogP contribution in [0.1, 0.15) is 40.9 Å². The number of hydrogen-bond donors (Lipinski definition) is 2. The molecule has 0 saturated heterocycles. The fraction of sp³-hybridized carbons (Fsp3) is 0.222. The minimum atomic E-state index is -0.194. The molecule has 0 fully saturated rings. The highest BCUT2D eigenvalue weighted by Gasteiger charge is 2.12. The average Bonchev–Trinajstić information content (AvgIpc) is 2.54. The second-order valence-corrected chi connectivity index (χ2v) is 5.57. The zero-order chi connectivity index (χ0) is 15.9. The summed E-state index contributed by atoms with van der Waals surface area (Å²) in [6, 6.07) is 17.6. The summed E-state index contributed by atoms with van der Waals surface area (Å²) in [6.07, 6.45) is 0.880. The molecule has 4 heteroatoms. The largest absolute Gasteiger partial charge is 0.356 e. The summed E-state index contributed by atoms with van der Waals surface area (Å²) in [7, 11) is 0. The lowest BCUT2D eigenvalue weighted by Crippen LogP contribution is -2.40. The van der Waals surface area contributed by atoms with Crippen LogP contribution in [0.25, 0.3) is 0 Å². The Hall–Kier alpha value is -2.20. The van der Waals surface area contributed by atoms with E-state index in [1.165, 1.54) is 0 Å². The Kier molecular flexibility index (Phi) is 5.67. The van der Waals surface area contributed by atoms with E-state index in [0.717, 1.165) is 17.5 Å². The van der Waals surface area contributed by atoms with Crippen molar-refractivity contribution in [1.29, 1.82) is 0 Å². The molecule has 1 unspecified atom stereocenters. The first kappa shape index (κ1) is 16.2. The number of hydrogen-bond acceptors (Lipinski definition) is 2. The monoisotopic (exact) mass is 312 g/mol. The minimum Gasteiger partial charge on any atom is -0.356 e. The van der Waals surface area contributed by atoms with Gasteiger partial charge in [0.25, 0.3) is 5.91 Å². The van der Waals surface area contributed by atoms with Crippen molar-refractivity contribution >= 4 is 23.2 Å². The summed E-state index contributed by atoms with van der Waals surface area (Å²) in [4.78, 5) is 12.1. The van der Waals surface area contributed by atoms with E-state index in [4.69, 9.17) is 12.2 Å². The molecule has 0 heterocycles. The minimum absolute atomic E-state index is 0.0898. The average molecular weight is 312 g/mol. The first-order valence-electron chi connectivity index (χ1n) is 7.33. The number of benzene rings is 2. The van der Waals surface area contributed by atoms with Gasteiger partial charge >= 0.3 is 0 Å². The van der Waals surface area contributed by atoms with E-state index < -0.39 is 0 Å². The van der Waals surface area contributed by atoms with Gasteiger partial charge in [-0.05, 0) is 43.3 Å². The van der Waals surface area contributed by atoms with Crippen molar-refractivity contribution < 1.29 is 4.79 Å². The molecule has 2 aromatic rings. The quantitative estimate of drug-likeness (QED) is 0.845. The third-order valence-electron chi connectivity index (χ3n) is 3.46. The van der Waals surface area contributed by atoms with Crippen molar-refractivity contribution in [3.8, 4) is 0 Å². The van der Waals surface area contributed by atoms with Gasteiger partial charge in [0, 0.05) is 5.56 Å². The van der Waals surface area contributed by atoms with E-state index in [9.17, 15) is 4.79 Å². The Balaban J connectivity index is 1.97. The van der Waals surface area contributed by atoms with Gasteiger partial charge in [-0.2, -0.15) is 0 Å². The Morgan fingerprint density at radius 1 is 1.09 bits per heavy atom. The van der Waals surface area contributed by atoms with Crippen molar-refractivity contribution in [2.24, 2.45) is 0 Å². The predicted molar refractivity (Wildman–Crippen MR) is 93.9 cm³/mol. The van der Waals surface area contributed by atoms with Crippen LogP contribution in [0.5, 0.6) is 0 Å². The van der Waals surface area contributed by atoms with Gasteiger partial charge in [-0.1, -0.05) is 55.0 Å². The number of amides is 1. The van der Waals surface area contributed by atoms with E-state index >= 15 is 0 Å². The maximum atomic E-state index is 12.1. The SMILES string of the molecule is CCC(NC(=S)NC(=O)c1ccc(C)cc1)c1ccccc1. The number of rotatable bonds is 4. The number of thiocarbonyl (C=S) groups is 1. The predicted octanol–water partition coefficient (Wildman–Crippen LogP) is 3.75. The normalized spacial score (nSPS) is 11.5. The molecule has 2 N–H and O–H groups in total. The second kappa shape index (κ2) is 7.71. The van der Waals surface area contributed by atoms with Gasteiger partial charge in [0.05, 0.1) is 6.04 Å². The molecule has 22 heavy (non-hydrogen) atoms. The fourth-order valence-corrected chi connectivity index (χ4v) is 2.42. The molecule has 0 radical (unpaired) electrons. The molecule has 0 aliphatic heterocycles. The molecule has 2 rings (SSSR count). The van der Waals surface area contributed by atoms with Gasteiger partial charge in [0.15, 0.2) is 5.11 Å². The Morgan fingerprint density at radius 2 is 1.73 bits per heavy atom. The molecule has 1 amide bonds. The maximum Gasteiger partial charge on any atom is 0.257 e. The Bertz CT molecular complexity index is 638. The van der Waals surface area contributed by atoms with Crippen molar-refractivity contribution in [2.75, 3.05) is 0 Å². The van der Waals surface area contributed by atoms with Crippen LogP contribution in [0.2, 0.25) is 0 Å². The lowest BCUT2D eigenvalue weighted by atomic mass is 10.1. The van der Waals surface area contributed by atoms with Crippen LogP contribution in [0.15, 0.2) is 54.6 Å². The number of carbonyl (C=O) groups excluding carboxylic acids is 1. The second-order valence-electron chi connectivity index (χ2n) is 5.17. The highest BCUT2D eigenvalue weighted by atomic mass is 32.1. The third kappa shape index (κ3) is 4.40. The van der Waals surface area contributed by atoms with Crippen LogP contribution in [-0.4, -0.2) is 11.0 Å². The summed E-state index contributed by atoms with van der Waals surface area (Å²) < 4.78 is 0. The maximum absolute atomic E-state index is 12.1. The molecule has 0 aromatic heterocycles. The van der Waals surface area contributed by atoms with Crippen molar-refractivity contribution in [2.45, 2.75) is 26.3 Å². The summed E-state index contributed by atoms with van der Waals surface area (Å²) in [5.74, 6) is -0.194. The summed E-state index contributed by atoms with van der Waals surface area (Å²) in [5, 5.41) is 6.27. The van der Waals surface area contributed by atoms with Crippen LogP contribution in [-0.2, 0) is 0 Å². The first-order chi connectivity index (χ1) is 10.6. The number of nitrogens with one attached hydrogen (secondary N) is 2. The van der Waals surface area contributed by atoms with Gasteiger partial charge in [0.1, 0.15) is 0 Å². The molecule has 0 bridgehead atoms. The van der Waals surface area contributed by atoms with E-state index in [1.807, 2.05) is 49.4 Å². The fourth-order valence-electron chi connectivity index (χ4n) is 2.18. The topological polar surface area (TPSA) is 41.1 Å². The Labute approximate surface area is 136 Å². The van der Waals surface area contributed by atoms with Crippen LogP contribution in [0.3, 0.4) is 0 Å². The summed E-state index contributed by atoms with van der Waals surface area (Å²) >= 11 is 5.26. The van der Waals surface area contributed by atoms with Gasteiger partial charge in [-0.3, -0.25) is 10.1 Å². The third-order valence-corrected chi connectivity index (χ3v) is 3.68. The molecular formula is C18H20N2OS. The smallest absolute Gasteiger partial charge is 0.257 e. The zero-order valence-electron chi connectivity index (χ0n) is 12.8. The standard InChI is InChI=1S/C18H20N2OS/c1-3-16(14-7-5-4-6-8-14)19-18(22)20-17(21)15-11-9-13(2)10-12-15/h4-12,16H,3H2,1-2H3,(H2,19,20,21,22). The number of carbonyl (C=O) groups is 1. The molecule has 0 saturated carbocycles. The Morgan fingerprint density at radius 3 is 2.32 bits per heavy atom. The highest BCUT2D eigenvalue weighted by Crippen LogP contribution is 2.15. The zero-order valence-corrected chi connectivity index (χ0v) is 13.6. The number of aryl methyl sites for hydroxylation is 1. The van der Waals surface area contributed by atoms with Crippen molar-refractivity contribution in [1.82, 2.24) is 10.6 Å². The summed E-state index contributed by atoms with van der Waals surface area (Å²) in [6.45, 7) is 4.06. The highest BCUT2D eigenvalue weighted by molar-refractivity contribution is 7.80. The molecule has 0 aliphatic rings. The van der Waals surface area contributed by atoms with Crippen LogP contribution < -0.4 is 10.6 Å². The van der Waals surface area contributed by atoms with E-state index in [0.29, 0.717) is 10.7 Å². The van der Waals surface area contributed by atoms with Crippen molar-refractivity contribution in [3.05, 3.63) is 71.3 Å². The van der Waals surface area contributed by atoms with Gasteiger partial charge in [0.2, 0.25) is 0 Å². The molecule has 3 nitrogen and oxygen atoms in total. The van der Waals surface area contributed by atoms with Gasteiger partial charge < -0.3 is 5.32 Å². The lowest BCUT2D eigenvalue weighted by Gasteiger charge is -2.19. The summed E-state index contributed by atoms with van der Waals surface area (Å²) in [5.41, 5.74) is 2.87. The molecular weight excluding hydrogens is 292 g/mol. The molecule has 2 aromatic carbocycles. The van der Waals surface area contributed by atoms with Gasteiger partial charge in [-0.25, -0.2) is 0 Å². The van der Waals surface area contributed by atoms with Gasteiger partial charge in [-0.15, -0.1) is 0 Å².